The molecule has 0 bridgehead atoms. The van der Waals surface area contributed by atoms with Crippen LogP contribution in [0, 0.1) is 0 Å². The van der Waals surface area contributed by atoms with Crippen molar-refractivity contribution in [2.24, 2.45) is 0 Å². The molecule has 1 amide bonds. The van der Waals surface area contributed by atoms with Gasteiger partial charge in [0.15, 0.2) is 0 Å². The number of carboxylic acid groups (broad SMARTS) is 1. The predicted molar refractivity (Wildman–Crippen MR) is 134 cm³/mol. The summed E-state index contributed by atoms with van der Waals surface area (Å²) in [6.45, 7) is 3.47. The monoisotopic (exact) mass is 599 g/mol. The minimum absolute atomic E-state index is 0.0303. The number of amides is 1. The van der Waals surface area contributed by atoms with E-state index in [1.54, 1.807) is 0 Å². The molecule has 0 fully saturated rings. The summed E-state index contributed by atoms with van der Waals surface area (Å²) in [6, 6.07) is 4.69. The molecule has 0 saturated heterocycles. The van der Waals surface area contributed by atoms with E-state index < -0.39 is 45.5 Å². The van der Waals surface area contributed by atoms with Crippen molar-refractivity contribution in [2.45, 2.75) is 39.1 Å². The van der Waals surface area contributed by atoms with Crippen LogP contribution in [-0.2, 0) is 32.4 Å². The van der Waals surface area contributed by atoms with Crippen LogP contribution in [0.25, 0.3) is 0 Å². The molecule has 0 unspecified atom stereocenters. The summed E-state index contributed by atoms with van der Waals surface area (Å²) in [6.07, 6.45) is -5.71. The van der Waals surface area contributed by atoms with Crippen molar-refractivity contribution in [1.29, 1.82) is 0 Å². The van der Waals surface area contributed by atoms with Crippen molar-refractivity contribution in [1.82, 2.24) is 14.0 Å². The number of methoxy groups -OCH3 is 1. The second kappa shape index (κ2) is 14.5. The van der Waals surface area contributed by atoms with Gasteiger partial charge in [0.25, 0.3) is 0 Å². The zero-order valence-electron chi connectivity index (χ0n) is 21.3. The van der Waals surface area contributed by atoms with E-state index in [0.29, 0.717) is 18.7 Å². The molecule has 0 aliphatic rings. The van der Waals surface area contributed by atoms with E-state index in [1.165, 1.54) is 25.3 Å². The van der Waals surface area contributed by atoms with Crippen molar-refractivity contribution < 1.29 is 50.4 Å². The number of rotatable bonds is 15. The van der Waals surface area contributed by atoms with Crippen LogP contribution in [0.1, 0.15) is 31.4 Å². The standard InChI is InChI=1S/C23H29ClF3N3O8S/c1-15(2)36-8-4-7-29-39(33,34)30(22(31)32)14-16-5-6-18(37-10-9-35-3)12-20(16)38-21-19(24)11-17(13-28-21)23(25,26)27/h5-6,11-13,15,29H,4,7-10,14H2,1-3H3,(H,31,32). The lowest BCUT2D eigenvalue weighted by molar-refractivity contribution is -0.137. The lowest BCUT2D eigenvalue weighted by atomic mass is 10.2. The quantitative estimate of drug-likeness (QED) is 0.279. The van der Waals surface area contributed by atoms with Gasteiger partial charge in [0.1, 0.15) is 23.1 Å². The number of hydrogen-bond acceptors (Lipinski definition) is 8. The Kier molecular flexibility index (Phi) is 12.0. The SMILES string of the molecule is COCCOc1ccc(CN(C(=O)O)S(=O)(=O)NCCCOC(C)C)c(Oc2ncc(C(F)(F)F)cc2Cl)c1. The lowest BCUT2D eigenvalue weighted by Gasteiger charge is -2.21. The molecule has 11 nitrogen and oxygen atoms in total. The van der Waals surface area contributed by atoms with Crippen LogP contribution >= 0.6 is 11.6 Å². The van der Waals surface area contributed by atoms with Crippen LogP contribution in [0.4, 0.5) is 18.0 Å². The summed E-state index contributed by atoms with van der Waals surface area (Å²) in [5.41, 5.74) is -1.08. The van der Waals surface area contributed by atoms with E-state index in [9.17, 15) is 31.5 Å². The Labute approximate surface area is 229 Å². The van der Waals surface area contributed by atoms with Gasteiger partial charge < -0.3 is 24.1 Å². The summed E-state index contributed by atoms with van der Waals surface area (Å²) in [4.78, 5) is 15.5. The highest BCUT2D eigenvalue weighted by atomic mass is 35.5. The van der Waals surface area contributed by atoms with Gasteiger partial charge in [0.05, 0.1) is 24.8 Å². The number of benzene rings is 1. The largest absolute Gasteiger partial charge is 0.491 e. The molecule has 2 aromatic rings. The highest BCUT2D eigenvalue weighted by Gasteiger charge is 2.32. The summed E-state index contributed by atoms with van der Waals surface area (Å²) >= 11 is 5.96. The molecule has 218 valence electrons. The van der Waals surface area contributed by atoms with Gasteiger partial charge in [-0.3, -0.25) is 0 Å². The molecule has 0 saturated carbocycles. The minimum atomic E-state index is -4.69. The second-order valence-corrected chi connectivity index (χ2v) is 10.3. The van der Waals surface area contributed by atoms with Gasteiger partial charge in [-0.25, -0.2) is 9.78 Å². The molecule has 2 rings (SSSR count). The number of halogens is 4. The highest BCUT2D eigenvalue weighted by molar-refractivity contribution is 7.87. The molecule has 0 spiro atoms. The summed E-state index contributed by atoms with van der Waals surface area (Å²) in [5.74, 6) is -0.347. The van der Waals surface area contributed by atoms with Crippen LogP contribution < -0.4 is 14.2 Å². The maximum absolute atomic E-state index is 13.0. The van der Waals surface area contributed by atoms with Crippen molar-refractivity contribution in [3.05, 3.63) is 46.6 Å². The first-order chi connectivity index (χ1) is 18.2. The van der Waals surface area contributed by atoms with Crippen molar-refractivity contribution in [2.75, 3.05) is 33.5 Å². The summed E-state index contributed by atoms with van der Waals surface area (Å²) in [5, 5.41) is 9.16. The van der Waals surface area contributed by atoms with Gasteiger partial charge in [-0.1, -0.05) is 11.6 Å². The topological polar surface area (TPSA) is 137 Å². The highest BCUT2D eigenvalue weighted by Crippen LogP contribution is 2.36. The van der Waals surface area contributed by atoms with Gasteiger partial charge in [-0.15, -0.1) is 0 Å². The normalized spacial score (nSPS) is 12.0. The summed E-state index contributed by atoms with van der Waals surface area (Å²) in [7, 11) is -3.05. The third-order valence-corrected chi connectivity index (χ3v) is 6.52. The Balaban J connectivity index is 2.34. The Morgan fingerprint density at radius 3 is 2.51 bits per heavy atom. The summed E-state index contributed by atoms with van der Waals surface area (Å²) < 4.78 is 88.2. The third kappa shape index (κ3) is 10.3. The zero-order chi connectivity index (χ0) is 29.2. The number of alkyl halides is 3. The van der Waals surface area contributed by atoms with Crippen LogP contribution in [0.5, 0.6) is 17.4 Å². The van der Waals surface area contributed by atoms with Crippen molar-refractivity contribution in [3.8, 4) is 17.4 Å². The van der Waals surface area contributed by atoms with Crippen LogP contribution in [-0.4, -0.2) is 68.5 Å². The van der Waals surface area contributed by atoms with Crippen LogP contribution in [0.2, 0.25) is 5.02 Å². The Hall–Kier alpha value is -2.85. The molecule has 39 heavy (non-hydrogen) atoms. The molecule has 0 radical (unpaired) electrons. The smallest absolute Gasteiger partial charge is 0.422 e. The molecule has 0 atom stereocenters. The van der Waals surface area contributed by atoms with Crippen LogP contribution in [0.3, 0.4) is 0 Å². The van der Waals surface area contributed by atoms with E-state index in [4.69, 9.17) is 30.5 Å². The average molecular weight is 600 g/mol. The Bertz CT molecular complexity index is 1220. The van der Waals surface area contributed by atoms with Crippen LogP contribution in [0.15, 0.2) is 30.5 Å². The van der Waals surface area contributed by atoms with E-state index in [1.807, 2.05) is 13.8 Å². The van der Waals surface area contributed by atoms with Gasteiger partial charge in [-0.2, -0.15) is 30.6 Å². The fourth-order valence-electron chi connectivity index (χ4n) is 2.93. The minimum Gasteiger partial charge on any atom is -0.491 e. The van der Waals surface area contributed by atoms with Gasteiger partial charge >= 0.3 is 22.5 Å². The Morgan fingerprint density at radius 2 is 1.92 bits per heavy atom. The van der Waals surface area contributed by atoms with Gasteiger partial charge in [0, 0.05) is 38.1 Å². The molecule has 1 aromatic heterocycles. The fourth-order valence-corrected chi connectivity index (χ4v) is 4.21. The fraction of sp³-hybridized carbons (Fsp3) is 0.478. The molecule has 1 heterocycles. The molecular weight excluding hydrogens is 571 g/mol. The van der Waals surface area contributed by atoms with Gasteiger partial charge in [0.2, 0.25) is 5.88 Å². The lowest BCUT2D eigenvalue weighted by Crippen LogP contribution is -2.43. The van der Waals surface area contributed by atoms with E-state index in [-0.39, 0.29) is 53.8 Å². The molecule has 2 N–H and O–H groups in total. The number of nitrogens with one attached hydrogen (secondary N) is 1. The molecule has 0 aliphatic carbocycles. The number of aromatic nitrogens is 1. The number of ether oxygens (including phenoxy) is 4. The first-order valence-corrected chi connectivity index (χ1v) is 13.3. The number of pyridine rings is 1. The van der Waals surface area contributed by atoms with Crippen molar-refractivity contribution in [3.63, 3.8) is 0 Å². The molecule has 16 heteroatoms. The molecule has 0 aliphatic heterocycles. The molecule has 1 aromatic carbocycles. The average Bonchev–Trinajstić information content (AvgIpc) is 2.83. The van der Waals surface area contributed by atoms with Gasteiger partial charge in [-0.05, 0) is 38.5 Å². The number of hydrogen-bond donors (Lipinski definition) is 2. The second-order valence-electron chi connectivity index (χ2n) is 8.18. The van der Waals surface area contributed by atoms with E-state index >= 15 is 0 Å². The first-order valence-electron chi connectivity index (χ1n) is 11.5. The maximum atomic E-state index is 13.0. The molecular formula is C23H29ClF3N3O8S. The first kappa shape index (κ1) is 32.4. The van der Waals surface area contributed by atoms with E-state index in [0.717, 1.165) is 0 Å². The zero-order valence-corrected chi connectivity index (χ0v) is 22.9. The predicted octanol–water partition coefficient (Wildman–Crippen LogP) is 4.70. The Morgan fingerprint density at radius 1 is 1.21 bits per heavy atom. The number of carbonyl (C=O) groups is 1. The van der Waals surface area contributed by atoms with E-state index in [2.05, 4.69) is 9.71 Å². The van der Waals surface area contributed by atoms with Crippen molar-refractivity contribution >= 4 is 27.9 Å². The third-order valence-electron chi connectivity index (χ3n) is 4.81. The number of nitrogens with zero attached hydrogens (tertiary/aromatic N) is 2. The maximum Gasteiger partial charge on any atom is 0.422 e.